The van der Waals surface area contributed by atoms with E-state index in [-0.39, 0.29) is 0 Å². The van der Waals surface area contributed by atoms with Gasteiger partial charge in [0.1, 0.15) is 5.82 Å². The van der Waals surface area contributed by atoms with Crippen LogP contribution in [0.1, 0.15) is 39.4 Å². The van der Waals surface area contributed by atoms with Crippen LogP contribution in [0.2, 0.25) is 0 Å². The number of rotatable bonds is 6. The highest BCUT2D eigenvalue weighted by Gasteiger charge is 2.10. The maximum atomic E-state index is 4.51. The van der Waals surface area contributed by atoms with Gasteiger partial charge in [-0.1, -0.05) is 27.7 Å². The Kier molecular flexibility index (Phi) is 5.15. The lowest BCUT2D eigenvalue weighted by molar-refractivity contribution is 0.589. The fourth-order valence-electron chi connectivity index (χ4n) is 1.23. The second kappa shape index (κ2) is 6.15. The zero-order valence-corrected chi connectivity index (χ0v) is 11.6. The summed E-state index contributed by atoms with van der Waals surface area (Å²) in [5, 5.41) is 4.40. The Labute approximate surface area is 102 Å². The van der Waals surface area contributed by atoms with E-state index in [0.29, 0.717) is 12.0 Å². The molecule has 0 bridgehead atoms. The molecule has 0 radical (unpaired) electrons. The zero-order chi connectivity index (χ0) is 12.1. The van der Waals surface area contributed by atoms with E-state index in [2.05, 4.69) is 54.3 Å². The van der Waals surface area contributed by atoms with E-state index >= 15 is 0 Å². The molecule has 0 spiro atoms. The van der Waals surface area contributed by atoms with Gasteiger partial charge in [-0.3, -0.25) is 0 Å². The predicted molar refractivity (Wildman–Crippen MR) is 70.4 cm³/mol. The van der Waals surface area contributed by atoms with Crippen LogP contribution in [0.15, 0.2) is 0 Å². The number of hydrogen-bond acceptors (Lipinski definition) is 5. The molecule has 1 heterocycles. The van der Waals surface area contributed by atoms with Crippen LogP contribution in [-0.2, 0) is 0 Å². The van der Waals surface area contributed by atoms with Gasteiger partial charge < -0.3 is 10.2 Å². The van der Waals surface area contributed by atoms with Crippen molar-refractivity contribution in [2.24, 2.45) is 0 Å². The summed E-state index contributed by atoms with van der Waals surface area (Å²) in [5.74, 6) is 1.36. The van der Waals surface area contributed by atoms with Gasteiger partial charge in [0.2, 0.25) is 5.13 Å². The molecule has 4 nitrogen and oxygen atoms in total. The second-order valence-corrected chi connectivity index (χ2v) is 5.35. The van der Waals surface area contributed by atoms with Crippen LogP contribution in [0.25, 0.3) is 0 Å². The molecule has 0 atom stereocenters. The Morgan fingerprint density at radius 3 is 2.50 bits per heavy atom. The Morgan fingerprint density at radius 1 is 1.31 bits per heavy atom. The predicted octanol–water partition coefficient (Wildman–Crippen LogP) is 2.10. The van der Waals surface area contributed by atoms with E-state index in [1.807, 2.05) is 0 Å². The number of hydrogen-bond donors (Lipinski definition) is 1. The van der Waals surface area contributed by atoms with Crippen molar-refractivity contribution in [2.45, 2.75) is 39.7 Å². The molecule has 0 unspecified atom stereocenters. The Balaban J connectivity index is 2.43. The minimum atomic E-state index is 0.409. The number of nitrogens with zero attached hydrogens (tertiary/aromatic N) is 3. The van der Waals surface area contributed by atoms with Crippen LogP contribution in [0.5, 0.6) is 0 Å². The van der Waals surface area contributed by atoms with Gasteiger partial charge in [-0.15, -0.1) is 0 Å². The minimum absolute atomic E-state index is 0.409. The van der Waals surface area contributed by atoms with Crippen molar-refractivity contribution in [1.29, 1.82) is 0 Å². The third-order valence-electron chi connectivity index (χ3n) is 2.27. The largest absolute Gasteiger partial charge is 0.349 e. The topological polar surface area (TPSA) is 41.0 Å². The molecular formula is C11H22N4S. The van der Waals surface area contributed by atoms with E-state index in [1.165, 1.54) is 11.5 Å². The van der Waals surface area contributed by atoms with Crippen LogP contribution in [0.4, 0.5) is 5.13 Å². The highest BCUT2D eigenvalue weighted by Crippen LogP contribution is 2.19. The van der Waals surface area contributed by atoms with E-state index in [9.17, 15) is 0 Å². The summed E-state index contributed by atoms with van der Waals surface area (Å²) in [6.45, 7) is 10.5. The maximum Gasteiger partial charge on any atom is 0.204 e. The van der Waals surface area contributed by atoms with Gasteiger partial charge in [-0.2, -0.15) is 4.37 Å². The van der Waals surface area contributed by atoms with Crippen molar-refractivity contribution in [1.82, 2.24) is 14.7 Å². The highest BCUT2D eigenvalue weighted by atomic mass is 32.1. The smallest absolute Gasteiger partial charge is 0.204 e. The third kappa shape index (κ3) is 4.06. The molecular weight excluding hydrogens is 220 g/mol. The summed E-state index contributed by atoms with van der Waals surface area (Å²) in [6, 6.07) is 0.536. The van der Waals surface area contributed by atoms with Crippen molar-refractivity contribution in [3.05, 3.63) is 5.82 Å². The fraction of sp³-hybridized carbons (Fsp3) is 0.818. The number of anilines is 1. The van der Waals surface area contributed by atoms with Gasteiger partial charge >= 0.3 is 0 Å². The van der Waals surface area contributed by atoms with E-state index in [4.69, 9.17) is 0 Å². The summed E-state index contributed by atoms with van der Waals surface area (Å²) in [5.41, 5.74) is 0. The molecule has 0 aromatic carbocycles. The summed E-state index contributed by atoms with van der Waals surface area (Å²) in [6.07, 6.45) is 0. The molecule has 0 fully saturated rings. The molecule has 1 aromatic heterocycles. The van der Waals surface area contributed by atoms with Crippen LogP contribution in [0.3, 0.4) is 0 Å². The van der Waals surface area contributed by atoms with Crippen molar-refractivity contribution in [3.63, 3.8) is 0 Å². The standard InChI is InChI=1S/C11H22N4S/c1-8(2)10-13-11(16-14-10)15(5)7-6-12-9(3)4/h8-9,12H,6-7H2,1-5H3. The van der Waals surface area contributed by atoms with E-state index in [0.717, 1.165) is 24.0 Å². The van der Waals surface area contributed by atoms with E-state index < -0.39 is 0 Å². The molecule has 1 aromatic rings. The van der Waals surface area contributed by atoms with Gasteiger partial charge in [0.15, 0.2) is 0 Å². The molecule has 1 N–H and O–H groups in total. The van der Waals surface area contributed by atoms with Gasteiger partial charge in [-0.05, 0) is 0 Å². The monoisotopic (exact) mass is 242 g/mol. The van der Waals surface area contributed by atoms with Gasteiger partial charge in [0.05, 0.1) is 0 Å². The summed E-state index contributed by atoms with van der Waals surface area (Å²) >= 11 is 1.48. The molecule has 0 amide bonds. The SMILES string of the molecule is CC(C)NCCN(C)c1nc(C(C)C)ns1. The van der Waals surface area contributed by atoms with Crippen molar-refractivity contribution in [3.8, 4) is 0 Å². The molecule has 0 aliphatic rings. The fourth-order valence-corrected chi connectivity index (χ4v) is 2.02. The van der Waals surface area contributed by atoms with Crippen molar-refractivity contribution >= 4 is 16.7 Å². The van der Waals surface area contributed by atoms with Crippen LogP contribution in [-0.4, -0.2) is 35.5 Å². The van der Waals surface area contributed by atoms with Crippen LogP contribution < -0.4 is 10.2 Å². The van der Waals surface area contributed by atoms with Crippen LogP contribution >= 0.6 is 11.5 Å². The summed E-state index contributed by atoms with van der Waals surface area (Å²) in [7, 11) is 2.06. The first-order valence-electron chi connectivity index (χ1n) is 5.78. The first-order chi connectivity index (χ1) is 7.50. The molecule has 1 rings (SSSR count). The number of nitrogens with one attached hydrogen (secondary N) is 1. The zero-order valence-electron chi connectivity index (χ0n) is 10.8. The lowest BCUT2D eigenvalue weighted by atomic mass is 10.2. The van der Waals surface area contributed by atoms with E-state index in [1.54, 1.807) is 0 Å². The van der Waals surface area contributed by atoms with Crippen molar-refractivity contribution < 1.29 is 0 Å². The first-order valence-corrected chi connectivity index (χ1v) is 6.56. The normalized spacial score (nSPS) is 11.4. The maximum absolute atomic E-state index is 4.51. The quantitative estimate of drug-likeness (QED) is 0.829. The number of likely N-dealkylation sites (N-methyl/N-ethyl adjacent to an activating group) is 1. The highest BCUT2D eigenvalue weighted by molar-refractivity contribution is 7.09. The van der Waals surface area contributed by atoms with Crippen LogP contribution in [0, 0.1) is 0 Å². The number of aromatic nitrogens is 2. The second-order valence-electron chi connectivity index (χ2n) is 4.62. The average molecular weight is 242 g/mol. The molecule has 16 heavy (non-hydrogen) atoms. The van der Waals surface area contributed by atoms with Gasteiger partial charge in [0.25, 0.3) is 0 Å². The minimum Gasteiger partial charge on any atom is -0.349 e. The lowest BCUT2D eigenvalue weighted by Gasteiger charge is -2.16. The molecule has 0 aliphatic carbocycles. The van der Waals surface area contributed by atoms with Crippen molar-refractivity contribution in [2.75, 3.05) is 25.0 Å². The van der Waals surface area contributed by atoms with Gasteiger partial charge in [0, 0.05) is 43.6 Å². The van der Waals surface area contributed by atoms with Gasteiger partial charge in [-0.25, -0.2) is 4.98 Å². The molecule has 5 heteroatoms. The third-order valence-corrected chi connectivity index (χ3v) is 3.12. The summed E-state index contributed by atoms with van der Waals surface area (Å²) < 4.78 is 4.35. The molecule has 0 aliphatic heterocycles. The lowest BCUT2D eigenvalue weighted by Crippen LogP contribution is -2.32. The summed E-state index contributed by atoms with van der Waals surface area (Å²) in [4.78, 5) is 6.66. The average Bonchev–Trinajstić information content (AvgIpc) is 2.65. The Hall–Kier alpha value is -0.680. The Bertz CT molecular complexity index is 309. The molecule has 92 valence electrons. The first kappa shape index (κ1) is 13.4. The molecule has 0 saturated heterocycles. The molecule has 0 saturated carbocycles. The Morgan fingerprint density at radius 2 is 2.00 bits per heavy atom.